The molecule has 0 atom stereocenters. The van der Waals surface area contributed by atoms with Crippen molar-refractivity contribution in [2.75, 3.05) is 40.1 Å². The van der Waals surface area contributed by atoms with Crippen LogP contribution in [0.4, 0.5) is 0 Å². The first-order valence-electron chi connectivity index (χ1n) is 5.13. The summed E-state index contributed by atoms with van der Waals surface area (Å²) in [5.41, 5.74) is 0. The second-order valence-electron chi connectivity index (χ2n) is 3.11. The van der Waals surface area contributed by atoms with Gasteiger partial charge in [-0.3, -0.25) is 4.90 Å². The van der Waals surface area contributed by atoms with Gasteiger partial charge in [-0.1, -0.05) is 19.4 Å². The Kier molecular flexibility index (Phi) is 33.5. The van der Waals surface area contributed by atoms with Gasteiger partial charge in [-0.25, -0.2) is 0 Å². The van der Waals surface area contributed by atoms with Crippen molar-refractivity contribution in [1.29, 1.82) is 0 Å². The summed E-state index contributed by atoms with van der Waals surface area (Å²) in [6, 6.07) is 0. The first-order valence-corrected chi connectivity index (χ1v) is 5.13. The first kappa shape index (κ1) is 27.4. The van der Waals surface area contributed by atoms with E-state index in [0.29, 0.717) is 26.5 Å². The number of methoxy groups -OCH3 is 1. The van der Waals surface area contributed by atoms with Crippen LogP contribution in [0, 0.1) is 26.9 Å². The first-order chi connectivity index (χ1) is 7.85. The fourth-order valence-electron chi connectivity index (χ4n) is 1.05. The van der Waals surface area contributed by atoms with Crippen LogP contribution in [0.3, 0.4) is 0 Å². The Morgan fingerprint density at radius 1 is 1.37 bits per heavy atom. The van der Waals surface area contributed by atoms with Crippen LogP contribution in [0.1, 0.15) is 13.8 Å². The van der Waals surface area contributed by atoms with E-state index >= 15 is 0 Å². The van der Waals surface area contributed by atoms with E-state index in [1.807, 2.05) is 11.0 Å². The summed E-state index contributed by atoms with van der Waals surface area (Å²) in [7, 11) is 4.88. The summed E-state index contributed by atoms with van der Waals surface area (Å²) in [4.78, 5) is 2.03. The monoisotopic (exact) mass is 346 g/mol. The topological polar surface area (TPSA) is 30.9 Å². The molecule has 111 valence electrons. The Labute approximate surface area is 144 Å². The Morgan fingerprint density at radius 3 is 2.58 bits per heavy atom. The number of hydrogen-bond donors (Lipinski definition) is 0. The van der Waals surface area contributed by atoms with Gasteiger partial charge in [0.15, 0.2) is 0 Å². The van der Waals surface area contributed by atoms with E-state index in [9.17, 15) is 0 Å². The Morgan fingerprint density at radius 2 is 2.05 bits per heavy atom. The molecule has 0 saturated heterocycles. The number of rotatable bonds is 10. The van der Waals surface area contributed by atoms with Crippen molar-refractivity contribution in [1.82, 2.24) is 4.90 Å². The minimum absolute atomic E-state index is 0. The molecule has 0 amide bonds. The second-order valence-corrected chi connectivity index (χ2v) is 3.11. The number of hydrogen-bond acceptors (Lipinski definition) is 4. The Hall–Kier alpha value is 0.0839. The maximum atomic E-state index is 5.38. The van der Waals surface area contributed by atoms with E-state index in [1.54, 1.807) is 13.4 Å². The molecule has 0 aliphatic heterocycles. The molecular formula is C14H27NO3Y-2. The van der Waals surface area contributed by atoms with Crippen molar-refractivity contribution >= 4 is 0 Å². The van der Waals surface area contributed by atoms with Crippen LogP contribution >= 0.6 is 0 Å². The fourth-order valence-corrected chi connectivity index (χ4v) is 1.05. The summed E-state index contributed by atoms with van der Waals surface area (Å²) >= 11 is 0. The largest absolute Gasteiger partial charge is 0.671 e. The average Bonchev–Trinajstić information content (AvgIpc) is 2.30. The molecule has 0 aliphatic carbocycles. The maximum absolute atomic E-state index is 5.38. The number of nitrogens with zero attached hydrogens (tertiary/aromatic N) is 1. The molecule has 0 aromatic rings. The van der Waals surface area contributed by atoms with Crippen LogP contribution in [0.15, 0.2) is 12.3 Å². The van der Waals surface area contributed by atoms with Crippen LogP contribution in [0.5, 0.6) is 0 Å². The molecule has 0 unspecified atom stereocenters. The normalized spacial score (nSPS) is 9.16. The summed E-state index contributed by atoms with van der Waals surface area (Å²) < 4.78 is 14.8. The van der Waals surface area contributed by atoms with Gasteiger partial charge in [0.25, 0.3) is 0 Å². The molecule has 4 nitrogen and oxygen atoms in total. The van der Waals surface area contributed by atoms with Crippen LogP contribution in [-0.2, 0) is 46.9 Å². The predicted octanol–water partition coefficient (Wildman–Crippen LogP) is 2.34. The number of terminal acetylenes is 1. The van der Waals surface area contributed by atoms with Crippen molar-refractivity contribution < 1.29 is 46.9 Å². The third kappa shape index (κ3) is 20.6. The van der Waals surface area contributed by atoms with Gasteiger partial charge in [-0.2, -0.15) is 7.11 Å². The fraction of sp³-hybridized carbons (Fsp3) is 0.571. The Balaban J connectivity index is -0.000000375. The van der Waals surface area contributed by atoms with Gasteiger partial charge in [0.1, 0.15) is 0 Å². The van der Waals surface area contributed by atoms with Gasteiger partial charge in [-0.15, -0.1) is 6.42 Å². The number of ether oxygens (including phenoxy) is 3. The molecule has 0 rings (SSSR count). The quantitative estimate of drug-likeness (QED) is 0.200. The zero-order valence-electron chi connectivity index (χ0n) is 11.4. The van der Waals surface area contributed by atoms with Gasteiger partial charge < -0.3 is 21.6 Å². The Bertz CT molecular complexity index is 217. The molecule has 0 heterocycles. The zero-order valence-corrected chi connectivity index (χ0v) is 14.3. The van der Waals surface area contributed by atoms with Crippen molar-refractivity contribution in [3.8, 4) is 12.3 Å². The van der Waals surface area contributed by atoms with Crippen molar-refractivity contribution in [2.24, 2.45) is 0 Å². The van der Waals surface area contributed by atoms with E-state index in [2.05, 4.69) is 17.8 Å². The average molecular weight is 346 g/mol. The van der Waals surface area contributed by atoms with E-state index < -0.39 is 0 Å². The van der Waals surface area contributed by atoms with Crippen molar-refractivity contribution in [3.05, 3.63) is 26.9 Å². The summed E-state index contributed by atoms with van der Waals surface area (Å²) in [6.45, 7) is 3.10. The summed E-state index contributed by atoms with van der Waals surface area (Å²) in [5, 5.41) is 0. The van der Waals surface area contributed by atoms with Crippen molar-refractivity contribution in [3.63, 3.8) is 0 Å². The van der Waals surface area contributed by atoms with E-state index in [4.69, 9.17) is 15.9 Å². The van der Waals surface area contributed by atoms with Gasteiger partial charge in [-0.05, 0) is 6.42 Å². The smallest absolute Gasteiger partial charge is 0.0999 e. The van der Waals surface area contributed by atoms with Crippen molar-refractivity contribution in [2.45, 2.75) is 13.8 Å². The van der Waals surface area contributed by atoms with E-state index in [0.717, 1.165) is 13.0 Å². The van der Waals surface area contributed by atoms with Crippen LogP contribution in [-0.4, -0.2) is 45.0 Å². The van der Waals surface area contributed by atoms with Crippen LogP contribution in [0.25, 0.3) is 0 Å². The molecule has 0 saturated carbocycles. The molecule has 0 aliphatic rings. The minimum atomic E-state index is 0. The standard InChI is InChI=1S/C12H20NO3.CH4.CH3.Y/c1-4-7-13(8-5-6-9-14-2)12-16-11-10-15-3;;;/h1,6,9H,2,5,7-8,10-12H2,3H3;1H4;1H3;/q-1;;-1;. The SMILES string of the molecule is C.C#CCN(CCC=CO[CH2-])COCCOC.[CH3-].[Y]. The third-order valence-corrected chi connectivity index (χ3v) is 1.82. The third-order valence-electron chi connectivity index (χ3n) is 1.82. The summed E-state index contributed by atoms with van der Waals surface area (Å²) in [6.07, 6.45) is 9.57. The molecule has 0 spiro atoms. The van der Waals surface area contributed by atoms with Gasteiger partial charge >= 0.3 is 0 Å². The molecule has 0 aromatic heterocycles. The minimum Gasteiger partial charge on any atom is -0.671 e. The second kappa shape index (κ2) is 23.2. The van der Waals surface area contributed by atoms with E-state index in [-0.39, 0.29) is 47.6 Å². The zero-order chi connectivity index (χ0) is 12.1. The molecule has 1 radical (unpaired) electrons. The maximum Gasteiger partial charge on any atom is 0.0999 e. The molecule has 19 heavy (non-hydrogen) atoms. The molecule has 0 fully saturated rings. The molecule has 5 heteroatoms. The van der Waals surface area contributed by atoms with Crippen LogP contribution < -0.4 is 0 Å². The van der Waals surface area contributed by atoms with E-state index in [1.165, 1.54) is 0 Å². The molecule has 0 aromatic carbocycles. The molecular weight excluding hydrogens is 319 g/mol. The molecule has 0 N–H and O–H groups in total. The molecule has 0 bridgehead atoms. The predicted molar refractivity (Wildman–Crippen MR) is 76.4 cm³/mol. The van der Waals surface area contributed by atoms with Gasteiger partial charge in [0, 0.05) is 52.6 Å². The van der Waals surface area contributed by atoms with Gasteiger partial charge in [0.2, 0.25) is 0 Å². The van der Waals surface area contributed by atoms with Crippen LogP contribution in [0.2, 0.25) is 0 Å². The summed E-state index contributed by atoms with van der Waals surface area (Å²) in [5.74, 6) is 2.60. The van der Waals surface area contributed by atoms with Gasteiger partial charge in [0.05, 0.1) is 26.5 Å².